The Morgan fingerprint density at radius 3 is 2.15 bits per heavy atom. The molecule has 2 nitrogen and oxygen atoms in total. The van der Waals surface area contributed by atoms with Gasteiger partial charge in [-0.3, -0.25) is 0 Å². The maximum absolute atomic E-state index is 12.6. The molecule has 2 aromatic carbocycles. The van der Waals surface area contributed by atoms with Gasteiger partial charge in [0.15, 0.2) is 0 Å². The topological polar surface area (TPSA) is 35.2 Å². The second-order valence-electron chi connectivity index (χ2n) is 3.98. The molecule has 0 aliphatic heterocycles. The maximum Gasteiger partial charge on any atom is 0.416 e. The third-order valence-electron chi connectivity index (χ3n) is 2.53. The van der Waals surface area contributed by atoms with E-state index >= 15 is 0 Å². The van der Waals surface area contributed by atoms with Crippen LogP contribution in [0.15, 0.2) is 48.5 Å². The average Bonchev–Trinajstić information content (AvgIpc) is 2.38. The Bertz CT molecular complexity index is 572. The van der Waals surface area contributed by atoms with Crippen molar-refractivity contribution in [3.8, 4) is 11.5 Å². The van der Waals surface area contributed by atoms with Crippen LogP contribution in [-0.4, -0.2) is 0 Å². The van der Waals surface area contributed by atoms with Gasteiger partial charge >= 0.3 is 6.18 Å². The zero-order chi connectivity index (χ0) is 13.9. The van der Waals surface area contributed by atoms with Gasteiger partial charge in [-0.05, 0) is 35.9 Å². The van der Waals surface area contributed by atoms with Gasteiger partial charge in [-0.25, -0.2) is 0 Å². The maximum atomic E-state index is 12.6. The van der Waals surface area contributed by atoms with E-state index in [2.05, 4.69) is 0 Å². The molecule has 0 saturated heterocycles. The van der Waals surface area contributed by atoms with Gasteiger partial charge in [0.05, 0.1) is 5.56 Å². The number of hydrogen-bond acceptors (Lipinski definition) is 2. The second-order valence-corrected chi connectivity index (χ2v) is 3.98. The highest BCUT2D eigenvalue weighted by atomic mass is 35.5. The van der Waals surface area contributed by atoms with Gasteiger partial charge in [-0.2, -0.15) is 13.2 Å². The largest absolute Gasteiger partial charge is 0.457 e. The summed E-state index contributed by atoms with van der Waals surface area (Å²) in [4.78, 5) is 0. The van der Waals surface area contributed by atoms with Crippen LogP contribution in [0.5, 0.6) is 11.5 Å². The summed E-state index contributed by atoms with van der Waals surface area (Å²) in [5.41, 5.74) is 5.60. The minimum Gasteiger partial charge on any atom is -0.457 e. The molecule has 0 heterocycles. The van der Waals surface area contributed by atoms with Crippen LogP contribution in [0.25, 0.3) is 0 Å². The lowest BCUT2D eigenvalue weighted by molar-refractivity contribution is -0.137. The lowest BCUT2D eigenvalue weighted by Crippen LogP contribution is -2.04. The van der Waals surface area contributed by atoms with Crippen LogP contribution >= 0.6 is 12.4 Å². The molecular formula is C14H13ClF3NO. The Balaban J connectivity index is 0.00000200. The van der Waals surface area contributed by atoms with Crippen LogP contribution in [0.2, 0.25) is 0 Å². The quantitative estimate of drug-likeness (QED) is 0.913. The number of ether oxygens (including phenoxy) is 1. The summed E-state index contributed by atoms with van der Waals surface area (Å²) in [5, 5.41) is 0. The van der Waals surface area contributed by atoms with E-state index in [4.69, 9.17) is 10.5 Å². The zero-order valence-electron chi connectivity index (χ0n) is 10.4. The summed E-state index contributed by atoms with van der Waals surface area (Å²) in [6, 6.07) is 11.7. The summed E-state index contributed by atoms with van der Waals surface area (Å²) in [5.74, 6) is 0.603. The molecule has 2 N–H and O–H groups in total. The Morgan fingerprint density at radius 2 is 1.55 bits per heavy atom. The summed E-state index contributed by atoms with van der Waals surface area (Å²) in [6.45, 7) is 0.347. The highest BCUT2D eigenvalue weighted by molar-refractivity contribution is 5.85. The molecule has 0 radical (unpaired) electrons. The number of halogens is 4. The lowest BCUT2D eigenvalue weighted by atomic mass is 10.2. The monoisotopic (exact) mass is 303 g/mol. The van der Waals surface area contributed by atoms with Gasteiger partial charge in [0.2, 0.25) is 0 Å². The number of alkyl halides is 3. The SMILES string of the molecule is Cl.NCc1cccc(Oc2cccc(C(F)(F)F)c2)c1. The Morgan fingerprint density at radius 1 is 0.950 bits per heavy atom. The van der Waals surface area contributed by atoms with E-state index in [0.29, 0.717) is 12.3 Å². The predicted molar refractivity (Wildman–Crippen MR) is 73.1 cm³/mol. The third-order valence-corrected chi connectivity index (χ3v) is 2.53. The fraction of sp³-hybridized carbons (Fsp3) is 0.143. The summed E-state index contributed by atoms with van der Waals surface area (Å²) >= 11 is 0. The molecule has 0 unspecified atom stereocenters. The van der Waals surface area contributed by atoms with Gasteiger partial charge in [0, 0.05) is 6.54 Å². The fourth-order valence-electron chi connectivity index (χ4n) is 1.61. The van der Waals surface area contributed by atoms with E-state index in [0.717, 1.165) is 17.7 Å². The molecule has 0 aliphatic rings. The highest BCUT2D eigenvalue weighted by Gasteiger charge is 2.30. The molecule has 0 spiro atoms. The Labute approximate surface area is 120 Å². The van der Waals surface area contributed by atoms with Gasteiger partial charge in [0.25, 0.3) is 0 Å². The lowest BCUT2D eigenvalue weighted by Gasteiger charge is -2.10. The molecule has 0 saturated carbocycles. The first kappa shape index (κ1) is 16.3. The van der Waals surface area contributed by atoms with Crippen LogP contribution in [0, 0.1) is 0 Å². The van der Waals surface area contributed by atoms with Crippen LogP contribution in [0.1, 0.15) is 11.1 Å². The van der Waals surface area contributed by atoms with E-state index in [-0.39, 0.29) is 18.2 Å². The first-order chi connectivity index (χ1) is 8.99. The van der Waals surface area contributed by atoms with E-state index in [1.807, 2.05) is 6.07 Å². The number of rotatable bonds is 3. The van der Waals surface area contributed by atoms with E-state index in [9.17, 15) is 13.2 Å². The third kappa shape index (κ3) is 4.15. The van der Waals surface area contributed by atoms with E-state index in [1.54, 1.807) is 18.2 Å². The molecule has 2 aromatic rings. The normalized spacial score (nSPS) is 10.8. The first-order valence-corrected chi connectivity index (χ1v) is 5.63. The predicted octanol–water partition coefficient (Wildman–Crippen LogP) is 4.38. The molecule has 2 rings (SSSR count). The van der Waals surface area contributed by atoms with Crippen molar-refractivity contribution in [3.63, 3.8) is 0 Å². The van der Waals surface area contributed by atoms with Crippen molar-refractivity contribution in [3.05, 3.63) is 59.7 Å². The average molecular weight is 304 g/mol. The van der Waals surface area contributed by atoms with Crippen LogP contribution in [-0.2, 0) is 12.7 Å². The minimum atomic E-state index is -4.38. The number of benzene rings is 2. The molecule has 20 heavy (non-hydrogen) atoms. The van der Waals surface area contributed by atoms with Gasteiger partial charge < -0.3 is 10.5 Å². The van der Waals surface area contributed by atoms with E-state index < -0.39 is 11.7 Å². The molecule has 0 fully saturated rings. The van der Waals surface area contributed by atoms with Crippen molar-refractivity contribution < 1.29 is 17.9 Å². The van der Waals surface area contributed by atoms with Crippen molar-refractivity contribution in [1.82, 2.24) is 0 Å². The molecule has 0 aromatic heterocycles. The molecule has 0 bridgehead atoms. The van der Waals surface area contributed by atoms with E-state index in [1.165, 1.54) is 12.1 Å². The first-order valence-electron chi connectivity index (χ1n) is 5.63. The van der Waals surface area contributed by atoms with Gasteiger partial charge in [-0.1, -0.05) is 18.2 Å². The number of nitrogens with two attached hydrogens (primary N) is 1. The van der Waals surface area contributed by atoms with Crippen molar-refractivity contribution >= 4 is 12.4 Å². The molecule has 108 valence electrons. The van der Waals surface area contributed by atoms with Crippen LogP contribution < -0.4 is 10.5 Å². The standard InChI is InChI=1S/C14H12F3NO.ClH/c15-14(16,17)11-4-2-6-13(8-11)19-12-5-1-3-10(7-12)9-18;/h1-8H,9,18H2;1H. The highest BCUT2D eigenvalue weighted by Crippen LogP contribution is 2.32. The second kappa shape index (κ2) is 6.63. The Hall–Kier alpha value is -1.72. The molecule has 0 aliphatic carbocycles. The zero-order valence-corrected chi connectivity index (χ0v) is 11.2. The van der Waals surface area contributed by atoms with Gasteiger partial charge in [0.1, 0.15) is 11.5 Å². The minimum absolute atomic E-state index is 0. The summed E-state index contributed by atoms with van der Waals surface area (Å²) in [7, 11) is 0. The van der Waals surface area contributed by atoms with Crippen molar-refractivity contribution in [2.45, 2.75) is 12.7 Å². The fourth-order valence-corrected chi connectivity index (χ4v) is 1.61. The molecule has 0 atom stereocenters. The van der Waals surface area contributed by atoms with Crippen LogP contribution in [0.3, 0.4) is 0 Å². The van der Waals surface area contributed by atoms with Crippen molar-refractivity contribution in [1.29, 1.82) is 0 Å². The molecule has 0 amide bonds. The molecular weight excluding hydrogens is 291 g/mol. The summed E-state index contributed by atoms with van der Waals surface area (Å²) < 4.78 is 43.1. The van der Waals surface area contributed by atoms with Crippen molar-refractivity contribution in [2.75, 3.05) is 0 Å². The Kier molecular flexibility index (Phi) is 5.42. The van der Waals surface area contributed by atoms with Crippen molar-refractivity contribution in [2.24, 2.45) is 5.73 Å². The van der Waals surface area contributed by atoms with Gasteiger partial charge in [-0.15, -0.1) is 12.4 Å². The summed E-state index contributed by atoms with van der Waals surface area (Å²) in [6.07, 6.45) is -4.38. The smallest absolute Gasteiger partial charge is 0.416 e. The molecule has 6 heteroatoms. The number of hydrogen-bond donors (Lipinski definition) is 1. The van der Waals surface area contributed by atoms with Crippen LogP contribution in [0.4, 0.5) is 13.2 Å².